The Balaban J connectivity index is 1.82. The second-order valence-corrected chi connectivity index (χ2v) is 9.01. The van der Waals surface area contributed by atoms with E-state index in [0.29, 0.717) is 4.90 Å². The molecule has 31 heavy (non-hydrogen) atoms. The van der Waals surface area contributed by atoms with Gasteiger partial charge in [0, 0.05) is 10.6 Å². The summed E-state index contributed by atoms with van der Waals surface area (Å²) in [6, 6.07) is 26.9. The molecule has 3 rings (SSSR count). The molecule has 0 aliphatic carbocycles. The highest BCUT2D eigenvalue weighted by molar-refractivity contribution is 7.85. The first-order valence-corrected chi connectivity index (χ1v) is 11.4. The van der Waals surface area contributed by atoms with Crippen molar-refractivity contribution in [3.05, 3.63) is 102 Å². The van der Waals surface area contributed by atoms with E-state index in [9.17, 15) is 13.8 Å². The van der Waals surface area contributed by atoms with Gasteiger partial charge in [-0.05, 0) is 36.6 Å². The molecule has 0 aliphatic heterocycles. The van der Waals surface area contributed by atoms with E-state index in [0.717, 1.165) is 11.1 Å². The molecule has 0 saturated carbocycles. The summed E-state index contributed by atoms with van der Waals surface area (Å²) in [5.74, 6) is -0.772. The molecule has 0 fully saturated rings. The molecule has 0 saturated heterocycles. The lowest BCUT2D eigenvalue weighted by atomic mass is 9.75. The number of hydrogen-bond donors (Lipinski definition) is 2. The molecule has 0 heterocycles. The van der Waals surface area contributed by atoms with Gasteiger partial charge in [-0.3, -0.25) is 13.8 Å². The summed E-state index contributed by atoms with van der Waals surface area (Å²) in [7, 11) is -1.29. The highest BCUT2D eigenvalue weighted by atomic mass is 32.2. The molecule has 0 bridgehead atoms. The minimum absolute atomic E-state index is 0.183. The molecule has 3 aromatic carbocycles. The molecule has 2 atom stereocenters. The van der Waals surface area contributed by atoms with Crippen LogP contribution in [0.2, 0.25) is 0 Å². The highest BCUT2D eigenvalue weighted by Gasteiger charge is 2.38. The smallest absolute Gasteiger partial charge is 0.240 e. The van der Waals surface area contributed by atoms with Crippen LogP contribution in [0.3, 0.4) is 0 Å². The fourth-order valence-electron chi connectivity index (χ4n) is 3.47. The van der Waals surface area contributed by atoms with Crippen LogP contribution in [-0.2, 0) is 25.8 Å². The maximum absolute atomic E-state index is 13.5. The summed E-state index contributed by atoms with van der Waals surface area (Å²) in [6.07, 6.45) is 0.183. The number of benzene rings is 3. The van der Waals surface area contributed by atoms with Crippen LogP contribution in [0.25, 0.3) is 0 Å². The summed E-state index contributed by atoms with van der Waals surface area (Å²) in [6.45, 7) is 1.83. The minimum Gasteiger partial charge on any atom is -0.368 e. The first-order chi connectivity index (χ1) is 14.9. The molecular formula is C25H26N2O3S. The van der Waals surface area contributed by atoms with Crippen molar-refractivity contribution < 1.29 is 13.8 Å². The molecule has 3 aromatic rings. The van der Waals surface area contributed by atoms with Crippen LogP contribution in [-0.4, -0.2) is 27.8 Å². The number of amides is 2. The summed E-state index contributed by atoms with van der Waals surface area (Å²) in [5, 5.41) is 2.81. The molecule has 0 spiro atoms. The van der Waals surface area contributed by atoms with Crippen molar-refractivity contribution in [2.75, 3.05) is 5.75 Å². The third kappa shape index (κ3) is 5.27. The first kappa shape index (κ1) is 22.4. The van der Waals surface area contributed by atoms with Crippen LogP contribution in [0, 0.1) is 0 Å². The summed E-state index contributed by atoms with van der Waals surface area (Å²) in [5.41, 5.74) is 6.16. The van der Waals surface area contributed by atoms with Crippen molar-refractivity contribution in [1.29, 1.82) is 0 Å². The highest BCUT2D eigenvalue weighted by Crippen LogP contribution is 2.32. The Kier molecular flexibility index (Phi) is 7.36. The molecule has 6 heteroatoms. The van der Waals surface area contributed by atoms with Crippen LogP contribution in [0.1, 0.15) is 24.5 Å². The molecule has 5 nitrogen and oxygen atoms in total. The Morgan fingerprint density at radius 1 is 0.871 bits per heavy atom. The van der Waals surface area contributed by atoms with Gasteiger partial charge in [-0.15, -0.1) is 0 Å². The quantitative estimate of drug-likeness (QED) is 0.542. The van der Waals surface area contributed by atoms with Crippen molar-refractivity contribution in [3.63, 3.8) is 0 Å². The Morgan fingerprint density at radius 2 is 1.32 bits per heavy atom. The molecular weight excluding hydrogens is 408 g/mol. The van der Waals surface area contributed by atoms with Gasteiger partial charge in [0.05, 0.1) is 16.2 Å². The molecule has 0 unspecified atom stereocenters. The van der Waals surface area contributed by atoms with Gasteiger partial charge in [-0.2, -0.15) is 0 Å². The third-order valence-electron chi connectivity index (χ3n) is 5.40. The standard InChI is InChI=1S/C25H26N2O3S/c1-25(19-11-5-2-6-12-19,20-13-7-3-8-14-20)24(29)27-22(23(26)28)17-18-31(30)21-15-9-4-10-16-21/h2-16,22H,17-18H2,1H3,(H2,26,28)(H,27,29)/t22-,31+/m0/s1. The predicted molar refractivity (Wildman–Crippen MR) is 123 cm³/mol. The van der Waals surface area contributed by atoms with Gasteiger partial charge in [-0.1, -0.05) is 78.9 Å². The van der Waals surface area contributed by atoms with Crippen LogP contribution in [0.5, 0.6) is 0 Å². The van der Waals surface area contributed by atoms with Gasteiger partial charge in [-0.25, -0.2) is 0 Å². The average Bonchev–Trinajstić information content (AvgIpc) is 2.82. The maximum Gasteiger partial charge on any atom is 0.240 e. The second-order valence-electron chi connectivity index (χ2n) is 7.44. The Labute approximate surface area is 185 Å². The third-order valence-corrected chi connectivity index (χ3v) is 6.81. The first-order valence-electron chi connectivity index (χ1n) is 10.1. The van der Waals surface area contributed by atoms with E-state index in [2.05, 4.69) is 5.32 Å². The van der Waals surface area contributed by atoms with Gasteiger partial charge in [0.15, 0.2) is 0 Å². The number of carbonyl (C=O) groups excluding carboxylic acids is 2. The van der Waals surface area contributed by atoms with Crippen LogP contribution < -0.4 is 11.1 Å². The van der Waals surface area contributed by atoms with E-state index in [-0.39, 0.29) is 18.1 Å². The largest absolute Gasteiger partial charge is 0.368 e. The lowest BCUT2D eigenvalue weighted by Crippen LogP contribution is -2.52. The summed E-state index contributed by atoms with van der Waals surface area (Å²) >= 11 is 0. The Bertz CT molecular complexity index is 1000. The Morgan fingerprint density at radius 3 is 1.77 bits per heavy atom. The van der Waals surface area contributed by atoms with Gasteiger partial charge >= 0.3 is 0 Å². The minimum atomic E-state index is -1.29. The maximum atomic E-state index is 13.5. The number of nitrogens with two attached hydrogens (primary N) is 1. The molecule has 0 aromatic heterocycles. The zero-order valence-corrected chi connectivity index (χ0v) is 18.2. The van der Waals surface area contributed by atoms with Crippen molar-refractivity contribution in [2.45, 2.75) is 29.7 Å². The number of hydrogen-bond acceptors (Lipinski definition) is 3. The zero-order valence-electron chi connectivity index (χ0n) is 17.4. The number of nitrogens with one attached hydrogen (secondary N) is 1. The van der Waals surface area contributed by atoms with Crippen molar-refractivity contribution in [2.24, 2.45) is 5.73 Å². The van der Waals surface area contributed by atoms with Gasteiger partial charge < -0.3 is 11.1 Å². The lowest BCUT2D eigenvalue weighted by Gasteiger charge is -2.31. The number of rotatable bonds is 9. The summed E-state index contributed by atoms with van der Waals surface area (Å²) < 4.78 is 12.5. The SMILES string of the molecule is CC(C(=O)N[C@@H](CC[S@@](=O)c1ccccc1)C(N)=O)(c1ccccc1)c1ccccc1. The van der Waals surface area contributed by atoms with E-state index in [1.54, 1.807) is 12.1 Å². The topological polar surface area (TPSA) is 89.3 Å². The second kappa shape index (κ2) is 10.2. The van der Waals surface area contributed by atoms with Crippen LogP contribution in [0.15, 0.2) is 95.9 Å². The molecule has 3 N–H and O–H groups in total. The van der Waals surface area contributed by atoms with E-state index in [1.165, 1.54) is 0 Å². The van der Waals surface area contributed by atoms with E-state index in [4.69, 9.17) is 5.73 Å². The fourth-order valence-corrected chi connectivity index (χ4v) is 4.62. The molecule has 0 aliphatic rings. The average molecular weight is 435 g/mol. The number of carbonyl (C=O) groups is 2. The predicted octanol–water partition coefficient (Wildman–Crippen LogP) is 3.16. The van der Waals surface area contributed by atoms with E-state index in [1.807, 2.05) is 85.8 Å². The van der Waals surface area contributed by atoms with Crippen molar-refractivity contribution in [1.82, 2.24) is 5.32 Å². The Hall–Kier alpha value is -3.25. The van der Waals surface area contributed by atoms with Gasteiger partial charge in [0.25, 0.3) is 0 Å². The molecule has 2 amide bonds. The number of primary amides is 1. The van der Waals surface area contributed by atoms with E-state index < -0.39 is 28.2 Å². The lowest BCUT2D eigenvalue weighted by molar-refractivity contribution is -0.129. The van der Waals surface area contributed by atoms with E-state index >= 15 is 0 Å². The molecule has 160 valence electrons. The zero-order chi connectivity index (χ0) is 22.3. The van der Waals surface area contributed by atoms with Crippen molar-refractivity contribution >= 4 is 22.6 Å². The van der Waals surface area contributed by atoms with Crippen LogP contribution in [0.4, 0.5) is 0 Å². The van der Waals surface area contributed by atoms with Crippen LogP contribution >= 0.6 is 0 Å². The van der Waals surface area contributed by atoms with Gasteiger partial charge in [0.2, 0.25) is 11.8 Å². The summed E-state index contributed by atoms with van der Waals surface area (Å²) in [4.78, 5) is 26.3. The normalized spacial score (nSPS) is 13.2. The monoisotopic (exact) mass is 434 g/mol. The molecule has 0 radical (unpaired) electrons. The fraction of sp³-hybridized carbons (Fsp3) is 0.200. The van der Waals surface area contributed by atoms with Crippen molar-refractivity contribution in [3.8, 4) is 0 Å². The van der Waals surface area contributed by atoms with Gasteiger partial charge in [0.1, 0.15) is 6.04 Å².